The molecule has 1 N–H and O–H groups in total. The summed E-state index contributed by atoms with van der Waals surface area (Å²) < 4.78 is 16.1. The van der Waals surface area contributed by atoms with E-state index >= 15 is 0 Å². The van der Waals surface area contributed by atoms with Crippen molar-refractivity contribution in [2.24, 2.45) is 0 Å². The minimum atomic E-state index is -1.60. The van der Waals surface area contributed by atoms with E-state index < -0.39 is 47.1 Å². The fourth-order valence-corrected chi connectivity index (χ4v) is 3.04. The molecule has 11 heteroatoms. The van der Waals surface area contributed by atoms with Gasteiger partial charge in [-0.05, 0) is 99.8 Å². The number of carboxylic acids is 1. The Morgan fingerprint density at radius 3 is 1.73 bits per heavy atom. The van der Waals surface area contributed by atoms with Crippen molar-refractivity contribution in [1.82, 2.24) is 9.88 Å². The van der Waals surface area contributed by atoms with Gasteiger partial charge in [-0.2, -0.15) is 4.90 Å². The number of anilines is 1. The highest BCUT2D eigenvalue weighted by molar-refractivity contribution is 5.93. The SMILES string of the molecule is Cc1ccnc(N(CCC[C@@H](C(=O)O)N(C(=O)OC(C)(C)C)C(=O)OC(C)(C)C)C(=O)OC(C)(C)C)c1. The number of carbonyl (C=O) groups is 4. The van der Waals surface area contributed by atoms with Crippen LogP contribution < -0.4 is 4.90 Å². The normalized spacial score (nSPS) is 12.8. The number of aromatic nitrogens is 1. The van der Waals surface area contributed by atoms with Crippen molar-refractivity contribution in [2.45, 2.75) is 105 Å². The number of hydrogen-bond acceptors (Lipinski definition) is 8. The zero-order valence-electron chi connectivity index (χ0n) is 23.6. The maximum atomic E-state index is 12.9. The van der Waals surface area contributed by atoms with E-state index in [1.165, 1.54) is 4.90 Å². The van der Waals surface area contributed by atoms with Crippen molar-refractivity contribution in [2.75, 3.05) is 11.4 Å². The third kappa shape index (κ3) is 11.5. The second-order valence-electron chi connectivity index (χ2n) is 11.7. The number of ether oxygens (including phenoxy) is 3. The van der Waals surface area contributed by atoms with Crippen LogP contribution in [0.15, 0.2) is 18.3 Å². The van der Waals surface area contributed by atoms with E-state index in [1.54, 1.807) is 80.6 Å². The quantitative estimate of drug-likeness (QED) is 0.457. The maximum absolute atomic E-state index is 12.9. The van der Waals surface area contributed by atoms with E-state index in [2.05, 4.69) is 4.98 Å². The van der Waals surface area contributed by atoms with Gasteiger partial charge in [0, 0.05) is 12.7 Å². The molecule has 11 nitrogen and oxygen atoms in total. The van der Waals surface area contributed by atoms with Crippen LogP contribution in [0.3, 0.4) is 0 Å². The molecule has 0 aliphatic rings. The van der Waals surface area contributed by atoms with Crippen LogP contribution in [0, 0.1) is 6.92 Å². The second-order valence-corrected chi connectivity index (χ2v) is 11.7. The van der Waals surface area contributed by atoms with E-state index in [1.807, 2.05) is 6.92 Å². The van der Waals surface area contributed by atoms with Crippen molar-refractivity contribution < 1.29 is 38.5 Å². The number of carboxylic acid groups (broad SMARTS) is 1. The Bertz CT molecular complexity index is 945. The van der Waals surface area contributed by atoms with Crippen LogP contribution in [0.4, 0.5) is 20.2 Å². The Morgan fingerprint density at radius 1 is 0.865 bits per heavy atom. The van der Waals surface area contributed by atoms with Gasteiger partial charge in [0.15, 0.2) is 0 Å². The molecule has 37 heavy (non-hydrogen) atoms. The van der Waals surface area contributed by atoms with E-state index in [0.29, 0.717) is 10.7 Å². The van der Waals surface area contributed by atoms with Gasteiger partial charge in [0.2, 0.25) is 0 Å². The molecule has 0 aromatic carbocycles. The van der Waals surface area contributed by atoms with Gasteiger partial charge in [0.1, 0.15) is 28.7 Å². The molecule has 0 saturated heterocycles. The third-order valence-electron chi connectivity index (χ3n) is 4.43. The van der Waals surface area contributed by atoms with Gasteiger partial charge in [-0.1, -0.05) is 0 Å². The van der Waals surface area contributed by atoms with Crippen molar-refractivity contribution >= 4 is 30.1 Å². The summed E-state index contributed by atoms with van der Waals surface area (Å²) >= 11 is 0. The molecule has 208 valence electrons. The molecular weight excluding hydrogens is 482 g/mol. The van der Waals surface area contributed by atoms with Crippen molar-refractivity contribution in [1.29, 1.82) is 0 Å². The largest absolute Gasteiger partial charge is 0.480 e. The third-order valence-corrected chi connectivity index (χ3v) is 4.43. The van der Waals surface area contributed by atoms with Crippen molar-refractivity contribution in [3.8, 4) is 0 Å². The molecule has 1 atom stereocenters. The van der Waals surface area contributed by atoms with Gasteiger partial charge in [-0.25, -0.2) is 24.2 Å². The number of aliphatic carboxylic acids is 1. The van der Waals surface area contributed by atoms with E-state index in [0.717, 1.165) is 5.56 Å². The number of imide groups is 1. The Labute approximate surface area is 219 Å². The molecule has 0 unspecified atom stereocenters. The smallest absolute Gasteiger partial charge is 0.420 e. The Morgan fingerprint density at radius 2 is 1.32 bits per heavy atom. The second kappa shape index (κ2) is 12.2. The van der Waals surface area contributed by atoms with Gasteiger partial charge in [-0.3, -0.25) is 4.90 Å². The first kappa shape index (κ1) is 31.7. The molecule has 0 saturated carbocycles. The molecule has 0 radical (unpaired) electrons. The average Bonchev–Trinajstić information content (AvgIpc) is 2.65. The van der Waals surface area contributed by atoms with Crippen LogP contribution in [-0.4, -0.2) is 68.6 Å². The van der Waals surface area contributed by atoms with Gasteiger partial charge >= 0.3 is 24.2 Å². The Hall–Kier alpha value is -3.37. The maximum Gasteiger partial charge on any atom is 0.420 e. The zero-order chi connectivity index (χ0) is 28.8. The molecule has 0 spiro atoms. The van der Waals surface area contributed by atoms with Crippen LogP contribution in [0.5, 0.6) is 0 Å². The summed E-state index contributed by atoms with van der Waals surface area (Å²) in [5.41, 5.74) is -1.87. The van der Waals surface area contributed by atoms with Crippen LogP contribution in [0.2, 0.25) is 0 Å². The van der Waals surface area contributed by atoms with E-state index in [4.69, 9.17) is 14.2 Å². The highest BCUT2D eigenvalue weighted by Gasteiger charge is 2.40. The molecular formula is C26H41N3O8. The highest BCUT2D eigenvalue weighted by Crippen LogP contribution is 2.22. The first-order chi connectivity index (χ1) is 16.7. The average molecular weight is 524 g/mol. The summed E-state index contributed by atoms with van der Waals surface area (Å²) in [4.78, 5) is 57.0. The molecule has 1 aromatic rings. The van der Waals surface area contributed by atoms with Crippen LogP contribution in [-0.2, 0) is 19.0 Å². The number of carbonyl (C=O) groups excluding carboxylic acids is 3. The number of rotatable bonds is 7. The number of aryl methyl sites for hydroxylation is 1. The molecule has 0 aliphatic heterocycles. The topological polar surface area (TPSA) is 136 Å². The van der Waals surface area contributed by atoms with Crippen LogP contribution in [0.1, 0.15) is 80.7 Å². The molecule has 0 bridgehead atoms. The summed E-state index contributed by atoms with van der Waals surface area (Å²) in [5.74, 6) is -1.09. The predicted molar refractivity (Wildman–Crippen MR) is 138 cm³/mol. The van der Waals surface area contributed by atoms with Gasteiger partial charge in [0.05, 0.1) is 0 Å². The van der Waals surface area contributed by atoms with Crippen molar-refractivity contribution in [3.05, 3.63) is 23.9 Å². The molecule has 0 fully saturated rings. The zero-order valence-corrected chi connectivity index (χ0v) is 23.6. The Kier molecular flexibility index (Phi) is 10.5. The summed E-state index contributed by atoms with van der Waals surface area (Å²) in [6, 6.07) is 1.87. The summed E-state index contributed by atoms with van der Waals surface area (Å²) in [5, 5.41) is 9.94. The monoisotopic (exact) mass is 523 g/mol. The minimum Gasteiger partial charge on any atom is -0.480 e. The number of nitrogens with zero attached hydrogens (tertiary/aromatic N) is 3. The number of pyridine rings is 1. The van der Waals surface area contributed by atoms with E-state index in [9.17, 15) is 24.3 Å². The minimum absolute atomic E-state index is 0.0195. The van der Waals surface area contributed by atoms with Gasteiger partial charge in [0.25, 0.3) is 0 Å². The lowest BCUT2D eigenvalue weighted by Gasteiger charge is -2.32. The van der Waals surface area contributed by atoms with Crippen molar-refractivity contribution in [3.63, 3.8) is 0 Å². The fraction of sp³-hybridized carbons (Fsp3) is 0.654. The standard InChI is InChI=1S/C26H41N3O8/c1-17-13-14-27-19(16-17)28(21(32)35-24(2,3)4)15-11-12-18(20(30)31)29(22(33)36-25(5,6)7)23(34)37-26(8,9)10/h13-14,16,18H,11-12,15H2,1-10H3,(H,30,31)/t18-/m0/s1. The lowest BCUT2D eigenvalue weighted by molar-refractivity contribution is -0.143. The van der Waals surface area contributed by atoms with Crippen LogP contribution >= 0.6 is 0 Å². The molecule has 1 aromatic heterocycles. The van der Waals surface area contributed by atoms with Gasteiger partial charge < -0.3 is 19.3 Å². The fourth-order valence-electron chi connectivity index (χ4n) is 3.04. The molecule has 3 amide bonds. The highest BCUT2D eigenvalue weighted by atomic mass is 16.6. The summed E-state index contributed by atoms with van der Waals surface area (Å²) in [6.45, 7) is 16.6. The first-order valence-corrected chi connectivity index (χ1v) is 12.1. The van der Waals surface area contributed by atoms with Crippen LogP contribution in [0.25, 0.3) is 0 Å². The summed E-state index contributed by atoms with van der Waals surface area (Å²) in [6.07, 6.45) is -1.48. The lowest BCUT2D eigenvalue weighted by atomic mass is 10.1. The van der Waals surface area contributed by atoms with E-state index in [-0.39, 0.29) is 19.4 Å². The van der Waals surface area contributed by atoms with Gasteiger partial charge in [-0.15, -0.1) is 0 Å². The predicted octanol–water partition coefficient (Wildman–Crippen LogP) is 5.54. The Balaban J connectivity index is 3.23. The number of amides is 3. The molecule has 0 aliphatic carbocycles. The first-order valence-electron chi connectivity index (χ1n) is 12.1. The molecule has 1 rings (SSSR count). The number of hydrogen-bond donors (Lipinski definition) is 1. The summed E-state index contributed by atoms with van der Waals surface area (Å²) in [7, 11) is 0. The lowest BCUT2D eigenvalue weighted by Crippen LogP contribution is -2.52. The molecule has 1 heterocycles.